The Morgan fingerprint density at radius 1 is 0.548 bits per heavy atom. The van der Waals surface area contributed by atoms with Gasteiger partial charge in [0.1, 0.15) is 5.75 Å². The maximum atomic E-state index is 6.69. The van der Waals surface area contributed by atoms with E-state index in [0.29, 0.717) is 12.6 Å². The lowest BCUT2D eigenvalue weighted by Crippen LogP contribution is -2.07. The minimum atomic E-state index is 0.660. The van der Waals surface area contributed by atoms with Gasteiger partial charge in [-0.05, 0) is 72.5 Å². The number of para-hydroxylation sites is 3. The lowest BCUT2D eigenvalue weighted by molar-refractivity contribution is 0.314. The summed E-state index contributed by atoms with van der Waals surface area (Å²) in [7, 11) is 0. The highest BCUT2D eigenvalue weighted by atomic mass is 16.5. The van der Waals surface area contributed by atoms with Crippen LogP contribution in [0.1, 0.15) is 12.0 Å². The van der Waals surface area contributed by atoms with Crippen molar-refractivity contribution >= 4 is 43.6 Å². The first-order chi connectivity index (χ1) is 20.9. The van der Waals surface area contributed by atoms with Gasteiger partial charge in [-0.25, -0.2) is 9.97 Å². The summed E-state index contributed by atoms with van der Waals surface area (Å²) < 4.78 is 11.2. The molecule has 0 spiro atoms. The molecule has 0 bridgehead atoms. The molecule has 9 rings (SSSR count). The zero-order valence-corrected chi connectivity index (χ0v) is 22.9. The number of rotatable bonds is 2. The molecular formula is C37H26N4O. The predicted molar refractivity (Wildman–Crippen MR) is 170 cm³/mol. The third kappa shape index (κ3) is 3.25. The van der Waals surface area contributed by atoms with Crippen LogP contribution in [0.25, 0.3) is 66.4 Å². The number of ether oxygens (including phenoxy) is 1. The summed E-state index contributed by atoms with van der Waals surface area (Å²) in [6.07, 6.45) is 5.47. The van der Waals surface area contributed by atoms with Crippen molar-refractivity contribution in [3.05, 3.63) is 127 Å². The minimum Gasteiger partial charge on any atom is -0.492 e. The number of benzene rings is 5. The smallest absolute Gasteiger partial charge is 0.234 e. The van der Waals surface area contributed by atoms with E-state index in [0.717, 1.165) is 46.4 Å². The Bertz CT molecular complexity index is 2130. The molecule has 0 N–H and O–H groups in total. The SMILES string of the molecule is c1ccc(-n2c3ccccc3c3c4c(ccc32)-c2ccc3c(c2CCCO4)c2ccccc2n3-c2ncccn2)cc1. The van der Waals surface area contributed by atoms with Crippen molar-refractivity contribution < 1.29 is 4.74 Å². The second-order valence-corrected chi connectivity index (χ2v) is 10.9. The van der Waals surface area contributed by atoms with Gasteiger partial charge in [0, 0.05) is 39.8 Å². The molecule has 200 valence electrons. The molecule has 5 nitrogen and oxygen atoms in total. The van der Waals surface area contributed by atoms with E-state index in [4.69, 9.17) is 4.74 Å². The van der Waals surface area contributed by atoms with Gasteiger partial charge in [0.25, 0.3) is 0 Å². The van der Waals surface area contributed by atoms with Crippen LogP contribution in [0.3, 0.4) is 0 Å². The first-order valence-corrected chi connectivity index (χ1v) is 14.5. The van der Waals surface area contributed by atoms with Crippen molar-refractivity contribution in [1.29, 1.82) is 0 Å². The Hall–Kier alpha value is -5.42. The van der Waals surface area contributed by atoms with Crippen LogP contribution in [0.2, 0.25) is 0 Å². The van der Waals surface area contributed by atoms with E-state index in [-0.39, 0.29) is 0 Å². The minimum absolute atomic E-state index is 0.660. The van der Waals surface area contributed by atoms with Crippen LogP contribution in [0.15, 0.2) is 122 Å². The summed E-state index contributed by atoms with van der Waals surface area (Å²) >= 11 is 0. The second-order valence-electron chi connectivity index (χ2n) is 10.9. The molecule has 1 aliphatic rings. The molecular weight excluding hydrogens is 516 g/mol. The Labute approximate surface area is 242 Å². The average molecular weight is 543 g/mol. The number of hydrogen-bond acceptors (Lipinski definition) is 3. The Balaban J connectivity index is 1.38. The van der Waals surface area contributed by atoms with Gasteiger partial charge in [0.05, 0.1) is 34.1 Å². The van der Waals surface area contributed by atoms with E-state index in [1.54, 1.807) is 12.4 Å². The van der Waals surface area contributed by atoms with E-state index in [1.807, 2.05) is 6.07 Å². The first-order valence-electron chi connectivity index (χ1n) is 14.5. The summed E-state index contributed by atoms with van der Waals surface area (Å²) in [5.41, 5.74) is 9.46. The topological polar surface area (TPSA) is 44.9 Å². The molecule has 4 heterocycles. The van der Waals surface area contributed by atoms with Crippen LogP contribution in [0, 0.1) is 0 Å². The zero-order valence-electron chi connectivity index (χ0n) is 22.9. The molecule has 0 unspecified atom stereocenters. The maximum absolute atomic E-state index is 6.69. The Morgan fingerprint density at radius 2 is 1.19 bits per heavy atom. The van der Waals surface area contributed by atoms with Crippen molar-refractivity contribution in [2.45, 2.75) is 12.8 Å². The van der Waals surface area contributed by atoms with Crippen LogP contribution in [0.5, 0.6) is 5.75 Å². The molecule has 0 fully saturated rings. The summed E-state index contributed by atoms with van der Waals surface area (Å²) in [6.45, 7) is 0.660. The van der Waals surface area contributed by atoms with E-state index in [9.17, 15) is 0 Å². The number of nitrogens with zero attached hydrogens (tertiary/aromatic N) is 4. The molecule has 3 aromatic heterocycles. The van der Waals surface area contributed by atoms with Gasteiger partial charge in [0.15, 0.2) is 0 Å². The van der Waals surface area contributed by atoms with Crippen LogP contribution < -0.4 is 4.74 Å². The maximum Gasteiger partial charge on any atom is 0.234 e. The number of aromatic nitrogens is 4. The average Bonchev–Trinajstić information content (AvgIpc) is 3.56. The van der Waals surface area contributed by atoms with E-state index >= 15 is 0 Å². The van der Waals surface area contributed by atoms with E-state index in [1.165, 1.54) is 38.2 Å². The summed E-state index contributed by atoms with van der Waals surface area (Å²) in [5, 5.41) is 4.87. The third-order valence-corrected chi connectivity index (χ3v) is 8.61. The van der Waals surface area contributed by atoms with Gasteiger partial charge in [0.2, 0.25) is 5.95 Å². The van der Waals surface area contributed by atoms with Gasteiger partial charge in [-0.3, -0.25) is 4.57 Å². The number of fused-ring (bicyclic) bond motifs is 11. The quantitative estimate of drug-likeness (QED) is 0.220. The van der Waals surface area contributed by atoms with Crippen LogP contribution in [-0.2, 0) is 6.42 Å². The van der Waals surface area contributed by atoms with Gasteiger partial charge in [-0.2, -0.15) is 0 Å². The molecule has 5 heteroatoms. The highest BCUT2D eigenvalue weighted by molar-refractivity contribution is 6.16. The molecule has 0 radical (unpaired) electrons. The highest BCUT2D eigenvalue weighted by Gasteiger charge is 2.25. The number of hydrogen-bond donors (Lipinski definition) is 0. The van der Waals surface area contributed by atoms with Gasteiger partial charge < -0.3 is 9.30 Å². The van der Waals surface area contributed by atoms with Crippen molar-refractivity contribution in [2.75, 3.05) is 6.61 Å². The second kappa shape index (κ2) is 9.05. The molecule has 0 saturated heterocycles. The zero-order chi connectivity index (χ0) is 27.6. The fourth-order valence-corrected chi connectivity index (χ4v) is 6.94. The predicted octanol–water partition coefficient (Wildman–Crippen LogP) is 8.66. The Morgan fingerprint density at radius 3 is 1.98 bits per heavy atom. The fraction of sp³-hybridized carbons (Fsp3) is 0.0811. The summed E-state index contributed by atoms with van der Waals surface area (Å²) in [6, 6.07) is 38.7. The largest absolute Gasteiger partial charge is 0.492 e. The standard InChI is InChI=1S/C37H26N4O/c1-2-10-24(11-3-1)40-30-15-6-5-13-29(30)35-33(40)20-18-27-25-17-19-32-34(26(25)14-8-23-42-36(27)35)28-12-4-7-16-31(28)41(32)37-38-21-9-22-39-37/h1-7,9-13,15-22H,8,14,23H2. The van der Waals surface area contributed by atoms with Gasteiger partial charge >= 0.3 is 0 Å². The van der Waals surface area contributed by atoms with E-state index in [2.05, 4.69) is 122 Å². The monoisotopic (exact) mass is 542 g/mol. The van der Waals surface area contributed by atoms with Crippen molar-refractivity contribution in [1.82, 2.24) is 19.1 Å². The van der Waals surface area contributed by atoms with Crippen molar-refractivity contribution in [3.63, 3.8) is 0 Å². The van der Waals surface area contributed by atoms with Crippen LogP contribution in [0.4, 0.5) is 0 Å². The van der Waals surface area contributed by atoms with Crippen molar-refractivity contribution in [2.24, 2.45) is 0 Å². The summed E-state index contributed by atoms with van der Waals surface area (Å²) in [4.78, 5) is 9.25. The Kier molecular flexibility index (Phi) is 5.02. The van der Waals surface area contributed by atoms with E-state index < -0.39 is 0 Å². The molecule has 42 heavy (non-hydrogen) atoms. The van der Waals surface area contributed by atoms with Crippen LogP contribution >= 0.6 is 0 Å². The first kappa shape index (κ1) is 23.3. The molecule has 8 aromatic rings. The molecule has 0 atom stereocenters. The lowest BCUT2D eigenvalue weighted by Gasteiger charge is -2.21. The molecule has 0 amide bonds. The van der Waals surface area contributed by atoms with Gasteiger partial charge in [-0.15, -0.1) is 0 Å². The highest BCUT2D eigenvalue weighted by Crippen LogP contribution is 2.47. The lowest BCUT2D eigenvalue weighted by atomic mass is 9.90. The fourth-order valence-electron chi connectivity index (χ4n) is 6.94. The van der Waals surface area contributed by atoms with Crippen molar-refractivity contribution in [3.8, 4) is 28.5 Å². The number of aryl methyl sites for hydroxylation is 1. The third-order valence-electron chi connectivity index (χ3n) is 8.61. The molecule has 5 aromatic carbocycles. The molecule has 1 aliphatic heterocycles. The van der Waals surface area contributed by atoms with Gasteiger partial charge in [-0.1, -0.05) is 60.7 Å². The molecule has 0 saturated carbocycles. The summed E-state index contributed by atoms with van der Waals surface area (Å²) in [5.74, 6) is 1.66. The normalized spacial score (nSPS) is 13.1. The van der Waals surface area contributed by atoms with Crippen LogP contribution in [-0.4, -0.2) is 25.7 Å². The molecule has 0 aliphatic carbocycles.